The Kier molecular flexibility index (Phi) is 8.90. The number of methoxy groups -OCH3 is 1. The molecule has 2 amide bonds. The molecule has 8 heteroatoms. The lowest BCUT2D eigenvalue weighted by atomic mass is 9.86. The molecule has 2 atom stereocenters. The molecule has 37 heavy (non-hydrogen) atoms. The molecule has 1 aromatic carbocycles. The Balaban J connectivity index is 1.34. The van der Waals surface area contributed by atoms with Crippen LogP contribution in [0.2, 0.25) is 0 Å². The van der Waals surface area contributed by atoms with Crippen molar-refractivity contribution in [1.82, 2.24) is 20.5 Å². The second-order valence-corrected chi connectivity index (χ2v) is 11.1. The predicted octanol–water partition coefficient (Wildman–Crippen LogP) is 4.45. The van der Waals surface area contributed by atoms with Gasteiger partial charge >= 0.3 is 0 Å². The predicted molar refractivity (Wildman–Crippen MR) is 148 cm³/mol. The van der Waals surface area contributed by atoms with Crippen molar-refractivity contribution in [2.45, 2.75) is 89.9 Å². The Bertz CT molecular complexity index is 1080. The topological polar surface area (TPSA) is 95.6 Å². The molecule has 202 valence electrons. The smallest absolute Gasteiger partial charge is 0.242 e. The summed E-state index contributed by atoms with van der Waals surface area (Å²) in [4.78, 5) is 32.8. The number of anilines is 1. The molecule has 1 aliphatic heterocycles. The maximum atomic E-state index is 13.4. The normalized spacial score (nSPS) is 18.8. The summed E-state index contributed by atoms with van der Waals surface area (Å²) in [6, 6.07) is 7.68. The Morgan fingerprint density at radius 2 is 2.00 bits per heavy atom. The number of hydrogen-bond acceptors (Lipinski definition) is 6. The van der Waals surface area contributed by atoms with Crippen molar-refractivity contribution in [3.63, 3.8) is 0 Å². The van der Waals surface area contributed by atoms with Crippen LogP contribution in [-0.2, 0) is 9.59 Å². The molecule has 0 radical (unpaired) electrons. The first-order valence-electron chi connectivity index (χ1n) is 13.9. The highest BCUT2D eigenvalue weighted by Gasteiger charge is 2.50. The quantitative estimate of drug-likeness (QED) is 0.388. The number of nitrogens with one attached hydrogen (secondary N) is 3. The molecule has 3 N–H and O–H groups in total. The van der Waals surface area contributed by atoms with Crippen molar-refractivity contribution < 1.29 is 14.3 Å². The van der Waals surface area contributed by atoms with E-state index in [1.54, 1.807) is 13.3 Å². The molecule has 2 fully saturated rings. The van der Waals surface area contributed by atoms with Crippen LogP contribution in [0.4, 0.5) is 5.69 Å². The largest absolute Gasteiger partial charge is 0.497 e. The van der Waals surface area contributed by atoms with Gasteiger partial charge in [-0.25, -0.2) is 0 Å². The van der Waals surface area contributed by atoms with Crippen LogP contribution in [0.15, 0.2) is 30.5 Å². The number of benzene rings is 1. The number of ether oxygens (including phenoxy) is 1. The van der Waals surface area contributed by atoms with Gasteiger partial charge in [0.05, 0.1) is 30.5 Å². The van der Waals surface area contributed by atoms with Crippen LogP contribution in [0.5, 0.6) is 5.75 Å². The summed E-state index contributed by atoms with van der Waals surface area (Å²) in [6.07, 6.45) is 9.43. The lowest BCUT2D eigenvalue weighted by Gasteiger charge is -2.45. The number of carbonyl (C=O) groups excluding carboxylic acids is 2. The van der Waals surface area contributed by atoms with Gasteiger partial charge in [-0.3, -0.25) is 19.9 Å². The monoisotopic (exact) mass is 509 g/mol. The maximum absolute atomic E-state index is 13.4. The summed E-state index contributed by atoms with van der Waals surface area (Å²) in [7, 11) is 1.67. The van der Waals surface area contributed by atoms with Crippen molar-refractivity contribution in [2.75, 3.05) is 25.5 Å². The zero-order valence-electron chi connectivity index (χ0n) is 22.8. The van der Waals surface area contributed by atoms with Gasteiger partial charge in [0.25, 0.3) is 0 Å². The second kappa shape index (κ2) is 12.1. The molecule has 2 heterocycles. The summed E-state index contributed by atoms with van der Waals surface area (Å²) >= 11 is 0. The summed E-state index contributed by atoms with van der Waals surface area (Å²) in [5, 5.41) is 11.2. The molecule has 1 saturated heterocycles. The number of hydrogen-bond donors (Lipinski definition) is 3. The van der Waals surface area contributed by atoms with E-state index in [4.69, 9.17) is 4.74 Å². The summed E-state index contributed by atoms with van der Waals surface area (Å²) < 4.78 is 5.46. The van der Waals surface area contributed by atoms with Crippen LogP contribution in [0.1, 0.15) is 72.1 Å². The van der Waals surface area contributed by atoms with Crippen LogP contribution in [-0.4, -0.2) is 59.6 Å². The summed E-state index contributed by atoms with van der Waals surface area (Å²) in [5.41, 5.74) is 1.51. The minimum absolute atomic E-state index is 0.0284. The van der Waals surface area contributed by atoms with Crippen molar-refractivity contribution in [2.24, 2.45) is 5.92 Å². The molecule has 2 aromatic rings. The number of pyridine rings is 1. The first-order chi connectivity index (χ1) is 17.8. The molecule has 8 nitrogen and oxygen atoms in total. The zero-order chi connectivity index (χ0) is 26.4. The van der Waals surface area contributed by atoms with Crippen LogP contribution in [0, 0.1) is 5.92 Å². The van der Waals surface area contributed by atoms with Gasteiger partial charge in [-0.05, 0) is 69.9 Å². The molecule has 1 aromatic heterocycles. The molecule has 0 bridgehead atoms. The number of nitrogens with zero attached hydrogens (tertiary/aromatic N) is 2. The fraction of sp³-hybridized carbons (Fsp3) is 0.621. The summed E-state index contributed by atoms with van der Waals surface area (Å²) in [6.45, 7) is 7.29. The average molecular weight is 510 g/mol. The molecule has 1 aliphatic carbocycles. The lowest BCUT2D eigenvalue weighted by molar-refractivity contribution is -0.144. The third-order valence-corrected chi connectivity index (χ3v) is 7.72. The number of amides is 2. The first kappa shape index (κ1) is 27.2. The molecule has 1 unspecified atom stereocenters. The highest BCUT2D eigenvalue weighted by molar-refractivity contribution is 5.92. The fourth-order valence-corrected chi connectivity index (χ4v) is 5.92. The second-order valence-electron chi connectivity index (χ2n) is 11.1. The van der Waals surface area contributed by atoms with Crippen LogP contribution >= 0.6 is 0 Å². The van der Waals surface area contributed by atoms with E-state index < -0.39 is 6.04 Å². The Labute approximate surface area is 220 Å². The van der Waals surface area contributed by atoms with Crippen LogP contribution < -0.4 is 20.7 Å². The van der Waals surface area contributed by atoms with Gasteiger partial charge < -0.3 is 20.3 Å². The SMILES string of the molecule is COc1cc(NC(C)CCCNC(=O)[C@H](CC(C)C)N2C(=O)CNC23CCCCC3)c2ncccc2c1. The van der Waals surface area contributed by atoms with E-state index in [0.717, 1.165) is 60.9 Å². The molecule has 1 saturated carbocycles. The van der Waals surface area contributed by atoms with Gasteiger partial charge in [0.1, 0.15) is 11.8 Å². The molecule has 1 spiro atoms. The third-order valence-electron chi connectivity index (χ3n) is 7.72. The Hall–Kier alpha value is -2.87. The maximum Gasteiger partial charge on any atom is 0.242 e. The van der Waals surface area contributed by atoms with Crippen LogP contribution in [0.25, 0.3) is 10.9 Å². The van der Waals surface area contributed by atoms with E-state index in [-0.39, 0.29) is 23.5 Å². The highest BCUT2D eigenvalue weighted by atomic mass is 16.5. The van der Waals surface area contributed by atoms with E-state index in [1.165, 1.54) is 6.42 Å². The van der Waals surface area contributed by atoms with Gasteiger partial charge in [-0.1, -0.05) is 26.3 Å². The molecule has 4 rings (SSSR count). The summed E-state index contributed by atoms with van der Waals surface area (Å²) in [5.74, 6) is 1.14. The van der Waals surface area contributed by atoms with E-state index in [9.17, 15) is 9.59 Å². The van der Waals surface area contributed by atoms with Gasteiger partial charge in [0.2, 0.25) is 11.8 Å². The van der Waals surface area contributed by atoms with Crippen molar-refractivity contribution >= 4 is 28.4 Å². The van der Waals surface area contributed by atoms with Crippen molar-refractivity contribution in [3.05, 3.63) is 30.5 Å². The molecular formula is C29H43N5O3. The number of carbonyl (C=O) groups is 2. The molecular weight excluding hydrogens is 466 g/mol. The van der Waals surface area contributed by atoms with Gasteiger partial charge in [-0.2, -0.15) is 0 Å². The van der Waals surface area contributed by atoms with E-state index in [1.807, 2.05) is 29.2 Å². The van der Waals surface area contributed by atoms with E-state index in [0.29, 0.717) is 25.4 Å². The first-order valence-corrected chi connectivity index (χ1v) is 13.9. The average Bonchev–Trinajstić information content (AvgIpc) is 3.19. The number of rotatable bonds is 11. The van der Waals surface area contributed by atoms with E-state index >= 15 is 0 Å². The molecule has 2 aliphatic rings. The standard InChI is InChI=1S/C29H43N5O3/c1-20(2)16-25(34-26(35)19-32-29(34)12-6-5-7-13-29)28(36)31-15-8-10-21(3)33-24-18-23(37-4)17-22-11-9-14-30-27(22)24/h9,11,14,17-18,20-21,25,32-33H,5-8,10,12-13,15-16,19H2,1-4H3,(H,31,36)/t21?,25-/m0/s1. The number of fused-ring (bicyclic) bond motifs is 1. The number of aromatic nitrogens is 1. The van der Waals surface area contributed by atoms with Crippen molar-refractivity contribution in [3.8, 4) is 5.75 Å². The van der Waals surface area contributed by atoms with E-state index in [2.05, 4.69) is 41.7 Å². The van der Waals surface area contributed by atoms with Gasteiger partial charge in [-0.15, -0.1) is 0 Å². The van der Waals surface area contributed by atoms with Crippen LogP contribution in [0.3, 0.4) is 0 Å². The minimum Gasteiger partial charge on any atom is -0.497 e. The minimum atomic E-state index is -0.426. The highest BCUT2D eigenvalue weighted by Crippen LogP contribution is 2.37. The Morgan fingerprint density at radius 3 is 2.73 bits per heavy atom. The zero-order valence-corrected chi connectivity index (χ0v) is 22.8. The van der Waals surface area contributed by atoms with Gasteiger partial charge in [0.15, 0.2) is 0 Å². The van der Waals surface area contributed by atoms with Crippen molar-refractivity contribution in [1.29, 1.82) is 0 Å². The Morgan fingerprint density at radius 1 is 1.22 bits per heavy atom. The lowest BCUT2D eigenvalue weighted by Crippen LogP contribution is -2.61. The third kappa shape index (κ3) is 6.35. The van der Waals surface area contributed by atoms with Gasteiger partial charge in [0, 0.05) is 30.2 Å². The fourth-order valence-electron chi connectivity index (χ4n) is 5.92.